The Kier molecular flexibility index (Phi) is 7.55. The molecule has 4 rings (SSSR count). The highest BCUT2D eigenvalue weighted by molar-refractivity contribution is 7.09. The van der Waals surface area contributed by atoms with Gasteiger partial charge in [0, 0.05) is 13.2 Å². The second-order valence-corrected chi connectivity index (χ2v) is 8.87. The number of carbonyl (C=O) groups excluding carboxylic acids is 3. The number of hydrogen-bond donors (Lipinski definition) is 3. The van der Waals surface area contributed by atoms with E-state index in [1.54, 1.807) is 0 Å². The number of halogens is 2. The van der Waals surface area contributed by atoms with E-state index >= 15 is 4.39 Å². The van der Waals surface area contributed by atoms with Crippen molar-refractivity contribution in [2.24, 2.45) is 5.73 Å². The standard InChI is InChI=1S/C24H23F2N5O4S/c25-14-9-7-13(8-10-14)20(23(33)29-12-15-4-3-11-35-15)31(17-6-2-1-5-16(17)26)24(34)21-18(27)19(22(28)32)30-36-21/h1-2,5-10,15,20H,3-4,11-12,27H2,(H2,28,32)(H,29,33). The number of aromatic nitrogens is 1. The predicted octanol–water partition coefficient (Wildman–Crippen LogP) is 2.79. The molecule has 1 aliphatic rings. The molecule has 2 atom stereocenters. The lowest BCUT2D eigenvalue weighted by Crippen LogP contribution is -2.46. The number of anilines is 2. The first kappa shape index (κ1) is 25.2. The first-order valence-corrected chi connectivity index (χ1v) is 11.8. The number of nitrogens with zero attached hydrogens (tertiary/aromatic N) is 2. The van der Waals surface area contributed by atoms with Crippen LogP contribution in [0, 0.1) is 11.6 Å². The summed E-state index contributed by atoms with van der Waals surface area (Å²) >= 11 is 0.601. The van der Waals surface area contributed by atoms with Crippen LogP contribution >= 0.6 is 11.5 Å². The average molecular weight is 516 g/mol. The van der Waals surface area contributed by atoms with Crippen molar-refractivity contribution in [1.29, 1.82) is 0 Å². The average Bonchev–Trinajstić information content (AvgIpc) is 3.52. The maximum absolute atomic E-state index is 15.1. The molecule has 2 unspecified atom stereocenters. The molecule has 0 aliphatic carbocycles. The molecule has 9 nitrogen and oxygen atoms in total. The highest BCUT2D eigenvalue weighted by Gasteiger charge is 2.37. The van der Waals surface area contributed by atoms with E-state index in [4.69, 9.17) is 16.2 Å². The molecule has 1 aliphatic heterocycles. The molecule has 3 aromatic rings. The molecular formula is C24H23F2N5O4S. The van der Waals surface area contributed by atoms with Gasteiger partial charge < -0.3 is 21.5 Å². The Morgan fingerprint density at radius 1 is 1.17 bits per heavy atom. The molecule has 188 valence electrons. The van der Waals surface area contributed by atoms with Crippen LogP contribution in [0.5, 0.6) is 0 Å². The van der Waals surface area contributed by atoms with Gasteiger partial charge in [-0.1, -0.05) is 24.3 Å². The lowest BCUT2D eigenvalue weighted by atomic mass is 10.0. The van der Waals surface area contributed by atoms with E-state index in [0.29, 0.717) is 18.1 Å². The zero-order valence-electron chi connectivity index (χ0n) is 18.9. The first-order valence-electron chi connectivity index (χ1n) is 11.1. The minimum absolute atomic E-state index is 0.171. The van der Waals surface area contributed by atoms with E-state index in [1.807, 2.05) is 0 Å². The smallest absolute Gasteiger partial charge is 0.273 e. The Labute approximate surface area is 209 Å². The molecule has 0 bridgehead atoms. The number of amides is 3. The molecule has 5 N–H and O–H groups in total. The topological polar surface area (TPSA) is 141 Å². The number of benzene rings is 2. The molecule has 0 saturated carbocycles. The molecule has 0 spiro atoms. The largest absolute Gasteiger partial charge is 0.395 e. The van der Waals surface area contributed by atoms with Crippen LogP contribution < -0.4 is 21.7 Å². The fraction of sp³-hybridized carbons (Fsp3) is 0.250. The highest BCUT2D eigenvalue weighted by atomic mass is 32.1. The van der Waals surface area contributed by atoms with Crippen LogP contribution in [0.25, 0.3) is 0 Å². The Bertz CT molecular complexity index is 1280. The summed E-state index contributed by atoms with van der Waals surface area (Å²) < 4.78 is 38.2. The van der Waals surface area contributed by atoms with Gasteiger partial charge in [0.05, 0.1) is 17.5 Å². The van der Waals surface area contributed by atoms with Gasteiger partial charge in [0.15, 0.2) is 5.69 Å². The van der Waals surface area contributed by atoms with Gasteiger partial charge in [-0.15, -0.1) is 0 Å². The van der Waals surface area contributed by atoms with E-state index in [9.17, 15) is 18.8 Å². The summed E-state index contributed by atoms with van der Waals surface area (Å²) in [5.74, 6) is -3.82. The lowest BCUT2D eigenvalue weighted by molar-refractivity contribution is -0.123. The van der Waals surface area contributed by atoms with Crippen molar-refractivity contribution in [3.63, 3.8) is 0 Å². The minimum Gasteiger partial charge on any atom is -0.395 e. The van der Waals surface area contributed by atoms with Crippen LogP contribution in [-0.2, 0) is 9.53 Å². The Hall–Kier alpha value is -3.90. The van der Waals surface area contributed by atoms with Gasteiger partial charge in [-0.3, -0.25) is 19.3 Å². The Morgan fingerprint density at radius 3 is 2.50 bits per heavy atom. The number of ether oxygens (including phenoxy) is 1. The molecule has 12 heteroatoms. The molecule has 1 saturated heterocycles. The number of para-hydroxylation sites is 1. The van der Waals surface area contributed by atoms with Crippen LogP contribution in [0.3, 0.4) is 0 Å². The van der Waals surface area contributed by atoms with E-state index in [0.717, 1.165) is 35.9 Å². The minimum atomic E-state index is -1.42. The van der Waals surface area contributed by atoms with Gasteiger partial charge in [0.25, 0.3) is 11.8 Å². The first-order chi connectivity index (χ1) is 17.3. The van der Waals surface area contributed by atoms with Crippen molar-refractivity contribution >= 4 is 40.6 Å². The Morgan fingerprint density at radius 2 is 1.89 bits per heavy atom. The number of rotatable bonds is 8. The third kappa shape index (κ3) is 5.19. The maximum Gasteiger partial charge on any atom is 0.273 e. The number of nitrogen functional groups attached to an aromatic ring is 1. The monoisotopic (exact) mass is 515 g/mol. The zero-order chi connectivity index (χ0) is 25.8. The van der Waals surface area contributed by atoms with Gasteiger partial charge >= 0.3 is 0 Å². The molecule has 2 heterocycles. The van der Waals surface area contributed by atoms with Crippen LogP contribution in [-0.4, -0.2) is 41.4 Å². The summed E-state index contributed by atoms with van der Waals surface area (Å²) in [5.41, 5.74) is 10.7. The second kappa shape index (κ2) is 10.8. The summed E-state index contributed by atoms with van der Waals surface area (Å²) in [6.07, 6.45) is 1.41. The number of primary amides is 1. The van der Waals surface area contributed by atoms with Crippen LogP contribution in [0.15, 0.2) is 48.5 Å². The van der Waals surface area contributed by atoms with Crippen molar-refractivity contribution in [3.05, 3.63) is 76.3 Å². The predicted molar refractivity (Wildman–Crippen MR) is 129 cm³/mol. The van der Waals surface area contributed by atoms with Crippen LogP contribution in [0.1, 0.15) is 44.6 Å². The van der Waals surface area contributed by atoms with Crippen LogP contribution in [0.4, 0.5) is 20.2 Å². The van der Waals surface area contributed by atoms with Crippen molar-refractivity contribution in [3.8, 4) is 0 Å². The van der Waals surface area contributed by atoms with Crippen molar-refractivity contribution < 1.29 is 27.9 Å². The number of nitrogens with two attached hydrogens (primary N) is 2. The molecule has 2 aromatic carbocycles. The van der Waals surface area contributed by atoms with Crippen molar-refractivity contribution in [2.75, 3.05) is 23.8 Å². The summed E-state index contributed by atoms with van der Waals surface area (Å²) in [6, 6.07) is 8.88. The molecule has 0 radical (unpaired) electrons. The molecule has 3 amide bonds. The Balaban J connectivity index is 1.82. The number of hydrogen-bond acceptors (Lipinski definition) is 7. The number of carbonyl (C=O) groups is 3. The summed E-state index contributed by atoms with van der Waals surface area (Å²) in [5, 5.41) is 2.76. The molecule has 36 heavy (non-hydrogen) atoms. The van der Waals surface area contributed by atoms with Gasteiger partial charge in [0.1, 0.15) is 22.6 Å². The third-order valence-electron chi connectivity index (χ3n) is 5.71. The van der Waals surface area contributed by atoms with Crippen LogP contribution in [0.2, 0.25) is 0 Å². The van der Waals surface area contributed by atoms with E-state index < -0.39 is 35.4 Å². The highest BCUT2D eigenvalue weighted by Crippen LogP contribution is 2.34. The lowest BCUT2D eigenvalue weighted by Gasteiger charge is -2.31. The van der Waals surface area contributed by atoms with Gasteiger partial charge in [-0.05, 0) is 54.2 Å². The fourth-order valence-corrected chi connectivity index (χ4v) is 4.67. The van der Waals surface area contributed by atoms with E-state index in [1.165, 1.54) is 30.3 Å². The van der Waals surface area contributed by atoms with Gasteiger partial charge in [-0.2, -0.15) is 4.37 Å². The van der Waals surface area contributed by atoms with Crippen molar-refractivity contribution in [1.82, 2.24) is 9.69 Å². The SMILES string of the molecule is NC(=O)c1nsc(C(=O)N(c2ccccc2F)C(C(=O)NCC2CCCO2)c2ccc(F)cc2)c1N. The van der Waals surface area contributed by atoms with Gasteiger partial charge in [-0.25, -0.2) is 8.78 Å². The molecule has 1 aromatic heterocycles. The quantitative estimate of drug-likeness (QED) is 0.421. The maximum atomic E-state index is 15.1. The summed E-state index contributed by atoms with van der Waals surface area (Å²) in [7, 11) is 0. The normalized spacial score (nSPS) is 15.9. The summed E-state index contributed by atoms with van der Waals surface area (Å²) in [4.78, 5) is 39.7. The molecular weight excluding hydrogens is 492 g/mol. The third-order valence-corrected chi connectivity index (χ3v) is 6.56. The van der Waals surface area contributed by atoms with Crippen molar-refractivity contribution in [2.45, 2.75) is 25.0 Å². The fourth-order valence-electron chi connectivity index (χ4n) is 3.93. The van der Waals surface area contributed by atoms with Gasteiger partial charge in [0.2, 0.25) is 5.91 Å². The molecule has 1 fully saturated rings. The summed E-state index contributed by atoms with van der Waals surface area (Å²) in [6.45, 7) is 0.749. The van der Waals surface area contributed by atoms with E-state index in [-0.39, 0.29) is 40.2 Å². The van der Waals surface area contributed by atoms with E-state index in [2.05, 4.69) is 9.69 Å². The second-order valence-electron chi connectivity index (χ2n) is 8.10. The zero-order valence-corrected chi connectivity index (χ0v) is 19.8. The number of nitrogens with one attached hydrogen (secondary N) is 1.